The van der Waals surface area contributed by atoms with Gasteiger partial charge >= 0.3 is 0 Å². The van der Waals surface area contributed by atoms with Gasteiger partial charge < -0.3 is 0 Å². The molecule has 0 atom stereocenters. The number of sulfonamides is 1. The number of halogens is 5. The van der Waals surface area contributed by atoms with Gasteiger partial charge in [-0.2, -0.15) is 4.57 Å². The maximum Gasteiger partial charge on any atom is 0.269 e. The number of ketones is 2. The fourth-order valence-corrected chi connectivity index (χ4v) is 7.95. The number of aromatic nitrogens is 1. The van der Waals surface area contributed by atoms with E-state index in [1.165, 1.54) is 12.1 Å². The molecular formula is C42H38F5N2O5S+. The number of unbranched alkanes of at least 4 members (excludes halogenated alkanes) is 3. The van der Waals surface area contributed by atoms with E-state index in [4.69, 9.17) is 6.42 Å². The number of amides is 1. The quantitative estimate of drug-likeness (QED) is 0.0181. The van der Waals surface area contributed by atoms with Gasteiger partial charge in [-0.15, -0.1) is 6.42 Å². The highest BCUT2D eigenvalue weighted by Crippen LogP contribution is 2.29. The lowest BCUT2D eigenvalue weighted by Crippen LogP contribution is -2.40. The van der Waals surface area contributed by atoms with Crippen LogP contribution in [0.1, 0.15) is 72.9 Å². The van der Waals surface area contributed by atoms with Crippen LogP contribution in [0.3, 0.4) is 0 Å². The molecule has 1 aromatic heterocycles. The fraction of sp³-hybridized carbons (Fsp3) is 0.286. The molecule has 0 radical (unpaired) electrons. The van der Waals surface area contributed by atoms with E-state index in [9.17, 15) is 44.8 Å². The maximum atomic E-state index is 14.6. The van der Waals surface area contributed by atoms with Crippen LogP contribution in [0.4, 0.5) is 22.0 Å². The third-order valence-electron chi connectivity index (χ3n) is 9.38. The summed E-state index contributed by atoms with van der Waals surface area (Å²) in [4.78, 5) is 39.6. The van der Waals surface area contributed by atoms with Crippen molar-refractivity contribution in [3.63, 3.8) is 0 Å². The minimum absolute atomic E-state index is 0.00788. The molecule has 5 rings (SSSR count). The Labute approximate surface area is 315 Å². The van der Waals surface area contributed by atoms with E-state index in [1.807, 2.05) is 23.6 Å². The molecule has 7 nitrogen and oxygen atoms in total. The van der Waals surface area contributed by atoms with Gasteiger partial charge in [0.1, 0.15) is 11.6 Å². The summed E-state index contributed by atoms with van der Waals surface area (Å²) in [7, 11) is -4.38. The second-order valence-electron chi connectivity index (χ2n) is 13.2. The van der Waals surface area contributed by atoms with E-state index in [0.717, 1.165) is 9.87 Å². The van der Waals surface area contributed by atoms with Gasteiger partial charge in [-0.25, -0.2) is 34.7 Å². The van der Waals surface area contributed by atoms with Crippen LogP contribution in [0.15, 0.2) is 77.7 Å². The zero-order valence-electron chi connectivity index (χ0n) is 30.0. The molecule has 1 heterocycles. The lowest BCUT2D eigenvalue weighted by Gasteiger charge is -2.24. The van der Waals surface area contributed by atoms with Crippen molar-refractivity contribution in [3.8, 4) is 12.3 Å². The zero-order chi connectivity index (χ0) is 39.9. The van der Waals surface area contributed by atoms with Crippen LogP contribution in [-0.4, -0.2) is 36.7 Å². The Balaban J connectivity index is 1.24. The summed E-state index contributed by atoms with van der Waals surface area (Å²) >= 11 is 0. The van der Waals surface area contributed by atoms with Crippen molar-refractivity contribution in [3.05, 3.63) is 119 Å². The average Bonchev–Trinajstić information content (AvgIpc) is 3.17. The first-order chi connectivity index (χ1) is 26.3. The molecule has 0 aliphatic heterocycles. The van der Waals surface area contributed by atoms with Crippen LogP contribution in [0.25, 0.3) is 21.8 Å². The minimum Gasteiger partial charge on any atom is -0.300 e. The Kier molecular flexibility index (Phi) is 13.2. The molecule has 286 valence electrons. The summed E-state index contributed by atoms with van der Waals surface area (Å²) in [6.07, 6.45) is 6.51. The molecule has 0 fully saturated rings. The first-order valence-corrected chi connectivity index (χ1v) is 19.2. The Morgan fingerprint density at radius 3 is 1.71 bits per heavy atom. The summed E-state index contributed by atoms with van der Waals surface area (Å²) in [5.41, 5.74) is 1.15. The SMILES string of the molecule is C#CC[n+]1c2ccccc2c(C(=O)N(CCCC(=O)CCCCCCC(=O)Cc2c(F)c(F)c(F)c(F)c2F)S(=O)(=O)c2ccc(C)cc2)c2ccccc21. The van der Waals surface area contributed by atoms with Gasteiger partial charge in [-0.3, -0.25) is 14.4 Å². The highest BCUT2D eigenvalue weighted by atomic mass is 32.2. The number of terminal acetylenes is 1. The lowest BCUT2D eigenvalue weighted by atomic mass is 10.0. The number of carbonyl (C=O) groups is 3. The third-order valence-corrected chi connectivity index (χ3v) is 11.2. The number of para-hydroxylation sites is 2. The number of pyridine rings is 1. The van der Waals surface area contributed by atoms with Crippen molar-refractivity contribution < 1.29 is 49.3 Å². The van der Waals surface area contributed by atoms with Gasteiger partial charge in [0.2, 0.25) is 23.4 Å². The molecule has 13 heteroatoms. The van der Waals surface area contributed by atoms with Crippen LogP contribution in [0.5, 0.6) is 0 Å². The maximum absolute atomic E-state index is 14.6. The molecule has 0 saturated heterocycles. The molecule has 4 aromatic carbocycles. The monoisotopic (exact) mass is 777 g/mol. The number of rotatable bonds is 17. The molecule has 0 N–H and O–H groups in total. The smallest absolute Gasteiger partial charge is 0.269 e. The highest BCUT2D eigenvalue weighted by Gasteiger charge is 2.34. The number of carbonyl (C=O) groups excluding carboxylic acids is 3. The predicted molar refractivity (Wildman–Crippen MR) is 197 cm³/mol. The van der Waals surface area contributed by atoms with E-state index in [2.05, 4.69) is 5.92 Å². The van der Waals surface area contributed by atoms with Gasteiger partial charge in [-0.1, -0.05) is 54.8 Å². The van der Waals surface area contributed by atoms with Crippen LogP contribution in [0.2, 0.25) is 0 Å². The van der Waals surface area contributed by atoms with Crippen LogP contribution >= 0.6 is 0 Å². The summed E-state index contributed by atoms with van der Waals surface area (Å²) in [5.74, 6) is -9.51. The Morgan fingerprint density at radius 2 is 1.16 bits per heavy atom. The van der Waals surface area contributed by atoms with Crippen LogP contribution in [-0.2, 0) is 32.6 Å². The molecule has 0 unspecified atom stereocenters. The van der Waals surface area contributed by atoms with Gasteiger partial charge in [0, 0.05) is 49.9 Å². The number of nitrogens with zero attached hydrogens (tertiary/aromatic N) is 2. The third kappa shape index (κ3) is 8.92. The molecule has 55 heavy (non-hydrogen) atoms. The number of hydrogen-bond donors (Lipinski definition) is 0. The van der Waals surface area contributed by atoms with E-state index >= 15 is 0 Å². The first-order valence-electron chi connectivity index (χ1n) is 17.7. The van der Waals surface area contributed by atoms with Crippen molar-refractivity contribution >= 4 is 49.3 Å². The van der Waals surface area contributed by atoms with Crippen LogP contribution in [0, 0.1) is 48.4 Å². The van der Waals surface area contributed by atoms with Gasteiger partial charge in [-0.05, 0) is 56.4 Å². The molecule has 0 bridgehead atoms. The predicted octanol–water partition coefficient (Wildman–Crippen LogP) is 8.25. The molecular weight excluding hydrogens is 740 g/mol. The Morgan fingerprint density at radius 1 is 0.673 bits per heavy atom. The molecule has 1 amide bonds. The van der Waals surface area contributed by atoms with Gasteiger partial charge in [0.15, 0.2) is 23.3 Å². The number of Topliss-reactive ketones (excluding diaryl/α,β-unsaturated/α-hetero) is 2. The highest BCUT2D eigenvalue weighted by molar-refractivity contribution is 7.89. The fourth-order valence-electron chi connectivity index (χ4n) is 6.53. The summed E-state index contributed by atoms with van der Waals surface area (Å²) in [6, 6.07) is 20.4. The molecule has 0 saturated carbocycles. The topological polar surface area (TPSA) is 92.5 Å². The van der Waals surface area contributed by atoms with Gasteiger partial charge in [0.25, 0.3) is 15.9 Å². The first kappa shape index (κ1) is 40.7. The molecule has 0 aliphatic rings. The number of aryl methyl sites for hydroxylation is 1. The Hall–Kier alpha value is -5.48. The zero-order valence-corrected chi connectivity index (χ0v) is 30.8. The number of hydrogen-bond acceptors (Lipinski definition) is 5. The van der Waals surface area contributed by atoms with Crippen molar-refractivity contribution in [2.45, 2.75) is 76.2 Å². The Bertz CT molecular complexity index is 2340. The van der Waals surface area contributed by atoms with Crippen molar-refractivity contribution in [1.29, 1.82) is 0 Å². The van der Waals surface area contributed by atoms with E-state index < -0.39 is 62.8 Å². The molecule has 0 spiro atoms. The summed E-state index contributed by atoms with van der Waals surface area (Å²) < 4.78 is 99.0. The average molecular weight is 778 g/mol. The van der Waals surface area contributed by atoms with Crippen LogP contribution < -0.4 is 4.57 Å². The molecule has 0 aliphatic carbocycles. The summed E-state index contributed by atoms with van der Waals surface area (Å²) in [6.45, 7) is 1.75. The van der Waals surface area contributed by atoms with Gasteiger partial charge in [0.05, 0.1) is 21.2 Å². The second kappa shape index (κ2) is 17.8. The van der Waals surface area contributed by atoms with E-state index in [-0.39, 0.29) is 61.4 Å². The minimum atomic E-state index is -4.38. The van der Waals surface area contributed by atoms with Crippen molar-refractivity contribution in [2.75, 3.05) is 6.54 Å². The van der Waals surface area contributed by atoms with E-state index in [0.29, 0.717) is 41.1 Å². The van der Waals surface area contributed by atoms with Crippen molar-refractivity contribution in [2.24, 2.45) is 0 Å². The summed E-state index contributed by atoms with van der Waals surface area (Å²) in [5, 5.41) is 1.03. The second-order valence-corrected chi connectivity index (χ2v) is 15.1. The standard InChI is InChI=1S/C42H38F5N2O5S/c1-3-24-48-34-18-10-8-16-31(34)36(32-17-9-11-19-35(32)48)42(52)49(55(53,54)30-22-20-27(2)21-23-30)25-12-15-28(50)13-6-4-5-7-14-29(51)26-33-37(43)39(45)41(47)40(46)38(33)44/h1,8-11,16-23H,4-7,12-15,24-26H2,2H3/q+1. The number of benzene rings is 4. The normalized spacial score (nSPS) is 11.5. The number of fused-ring (bicyclic) bond motifs is 2. The lowest BCUT2D eigenvalue weighted by molar-refractivity contribution is -0.632. The molecule has 5 aromatic rings. The van der Waals surface area contributed by atoms with Crippen molar-refractivity contribution in [1.82, 2.24) is 4.31 Å². The van der Waals surface area contributed by atoms with E-state index in [1.54, 1.807) is 48.5 Å². The largest absolute Gasteiger partial charge is 0.300 e.